The molecule has 2 aromatic carbocycles. The molecule has 3 heterocycles. The monoisotopic (exact) mass is 515 g/mol. The van der Waals surface area contributed by atoms with E-state index in [4.69, 9.17) is 14.1 Å². The van der Waals surface area contributed by atoms with E-state index in [2.05, 4.69) is 44.7 Å². The van der Waals surface area contributed by atoms with E-state index in [1.807, 2.05) is 48.5 Å². The van der Waals surface area contributed by atoms with E-state index >= 15 is 0 Å². The number of hydrogen-bond donors (Lipinski definition) is 0. The number of ether oxygens (including phenoxy) is 1. The summed E-state index contributed by atoms with van der Waals surface area (Å²) in [5.41, 5.74) is 4.26. The van der Waals surface area contributed by atoms with Crippen molar-refractivity contribution in [2.45, 2.75) is 52.1 Å². The van der Waals surface area contributed by atoms with E-state index in [-0.39, 0.29) is 11.4 Å². The van der Waals surface area contributed by atoms with Gasteiger partial charge >= 0.3 is 0 Å². The molecule has 0 N–H and O–H groups in total. The minimum atomic E-state index is -0.0970. The maximum atomic E-state index is 13.6. The molecular weight excluding hydrogens is 482 g/mol. The van der Waals surface area contributed by atoms with Gasteiger partial charge in [-0.25, -0.2) is 4.99 Å². The van der Waals surface area contributed by atoms with Crippen LogP contribution >= 0.6 is 11.8 Å². The van der Waals surface area contributed by atoms with Crippen molar-refractivity contribution in [3.05, 3.63) is 82.7 Å². The molecule has 2 aliphatic heterocycles. The Balaban J connectivity index is 1.56. The number of anilines is 1. The first-order valence-electron chi connectivity index (χ1n) is 12.7. The van der Waals surface area contributed by atoms with E-state index in [1.165, 1.54) is 23.0 Å². The maximum absolute atomic E-state index is 13.6. The van der Waals surface area contributed by atoms with Gasteiger partial charge in [0.05, 0.1) is 30.5 Å². The van der Waals surface area contributed by atoms with Crippen molar-refractivity contribution in [3.8, 4) is 5.75 Å². The average molecular weight is 516 g/mol. The molecule has 2 aliphatic rings. The van der Waals surface area contributed by atoms with Gasteiger partial charge in [-0.3, -0.25) is 9.69 Å². The third kappa shape index (κ3) is 4.92. The number of methoxy groups -OCH3 is 1. The smallest absolute Gasteiger partial charge is 0.267 e. The van der Waals surface area contributed by atoms with Gasteiger partial charge in [-0.2, -0.15) is 0 Å². The number of amidine groups is 1. The van der Waals surface area contributed by atoms with Gasteiger partial charge in [0, 0.05) is 29.4 Å². The Bertz CT molecular complexity index is 1350. The second-order valence-corrected chi connectivity index (χ2v) is 11.1. The van der Waals surface area contributed by atoms with Gasteiger partial charge in [0.15, 0.2) is 5.17 Å². The number of fused-ring (bicyclic) bond motifs is 1. The molecule has 0 bridgehead atoms. The summed E-state index contributed by atoms with van der Waals surface area (Å²) in [6.45, 7) is 10.3. The van der Waals surface area contributed by atoms with Crippen LogP contribution in [0.25, 0.3) is 6.08 Å². The van der Waals surface area contributed by atoms with Crippen LogP contribution in [0.5, 0.6) is 5.75 Å². The molecule has 1 saturated heterocycles. The summed E-state index contributed by atoms with van der Waals surface area (Å²) in [4.78, 5) is 23.2. The molecule has 1 amide bonds. The highest BCUT2D eigenvalue weighted by atomic mass is 32.2. The molecular formula is C30H33N3O3S. The molecule has 0 radical (unpaired) electrons. The highest BCUT2D eigenvalue weighted by Gasteiger charge is 2.37. The van der Waals surface area contributed by atoms with Crippen LogP contribution in [0.15, 0.2) is 75.2 Å². The lowest BCUT2D eigenvalue weighted by atomic mass is 9.79. The summed E-state index contributed by atoms with van der Waals surface area (Å²) >= 11 is 1.38. The largest absolute Gasteiger partial charge is 0.496 e. The van der Waals surface area contributed by atoms with Crippen LogP contribution < -0.4 is 9.64 Å². The van der Waals surface area contributed by atoms with Crippen LogP contribution in [-0.4, -0.2) is 35.2 Å². The molecule has 6 nitrogen and oxygen atoms in total. The lowest BCUT2D eigenvalue weighted by Gasteiger charge is -2.47. The summed E-state index contributed by atoms with van der Waals surface area (Å²) in [5.74, 6) is 1.76. The first-order chi connectivity index (χ1) is 17.8. The van der Waals surface area contributed by atoms with Gasteiger partial charge in [-0.15, -0.1) is 0 Å². The zero-order chi connectivity index (χ0) is 26.2. The summed E-state index contributed by atoms with van der Waals surface area (Å²) in [6.07, 6.45) is 4.62. The van der Waals surface area contributed by atoms with Crippen molar-refractivity contribution in [2.75, 3.05) is 18.6 Å². The minimum Gasteiger partial charge on any atom is -0.496 e. The molecule has 1 atom stereocenters. The number of thioether (sulfide) groups is 1. The molecule has 1 unspecified atom stereocenters. The highest BCUT2D eigenvalue weighted by molar-refractivity contribution is 8.18. The van der Waals surface area contributed by atoms with Crippen LogP contribution in [0.2, 0.25) is 0 Å². The van der Waals surface area contributed by atoms with E-state index in [0.29, 0.717) is 28.3 Å². The van der Waals surface area contributed by atoms with Gasteiger partial charge in [0.25, 0.3) is 5.91 Å². The number of carbonyl (C=O) groups is 1. The third-order valence-electron chi connectivity index (χ3n) is 7.10. The molecule has 1 aromatic heterocycles. The van der Waals surface area contributed by atoms with Crippen LogP contribution in [0.3, 0.4) is 0 Å². The van der Waals surface area contributed by atoms with Crippen molar-refractivity contribution in [2.24, 2.45) is 4.99 Å². The van der Waals surface area contributed by atoms with Gasteiger partial charge in [0.2, 0.25) is 0 Å². The second-order valence-electron chi connectivity index (χ2n) is 10.1. The predicted molar refractivity (Wildman–Crippen MR) is 151 cm³/mol. The number of amides is 1. The molecule has 7 heteroatoms. The fourth-order valence-electron chi connectivity index (χ4n) is 5.46. The van der Waals surface area contributed by atoms with Crippen molar-refractivity contribution >= 4 is 40.3 Å². The fraction of sp³-hybridized carbons (Fsp3) is 0.333. The zero-order valence-electron chi connectivity index (χ0n) is 22.0. The van der Waals surface area contributed by atoms with Crippen LogP contribution in [-0.2, 0) is 11.3 Å². The molecule has 1 fully saturated rings. The first kappa shape index (κ1) is 25.2. The number of rotatable bonds is 6. The lowest BCUT2D eigenvalue weighted by Crippen LogP contribution is -2.48. The minimum absolute atomic E-state index is 0.0680. The molecule has 0 spiro atoms. The van der Waals surface area contributed by atoms with E-state index in [9.17, 15) is 4.79 Å². The third-order valence-corrected chi connectivity index (χ3v) is 8.11. The summed E-state index contributed by atoms with van der Waals surface area (Å²) in [5, 5.41) is 0.628. The topological polar surface area (TPSA) is 58.3 Å². The Kier molecular flexibility index (Phi) is 6.90. The van der Waals surface area contributed by atoms with Crippen molar-refractivity contribution in [1.82, 2.24) is 4.90 Å². The maximum Gasteiger partial charge on any atom is 0.267 e. The second kappa shape index (κ2) is 10.1. The van der Waals surface area contributed by atoms with Gasteiger partial charge in [0.1, 0.15) is 11.5 Å². The normalized spacial score (nSPS) is 21.1. The van der Waals surface area contributed by atoms with E-state index in [0.717, 1.165) is 30.0 Å². The molecule has 5 rings (SSSR count). The summed E-state index contributed by atoms with van der Waals surface area (Å²) in [7, 11) is 1.69. The van der Waals surface area contributed by atoms with Gasteiger partial charge < -0.3 is 14.1 Å². The van der Waals surface area contributed by atoms with Crippen LogP contribution in [0, 0.1) is 0 Å². The average Bonchev–Trinajstić information content (AvgIpc) is 3.49. The quantitative estimate of drug-likeness (QED) is 0.325. The number of nitrogens with zero attached hydrogens (tertiary/aromatic N) is 3. The fourth-order valence-corrected chi connectivity index (χ4v) is 6.45. The number of aliphatic imine (C=N–C) groups is 1. The predicted octanol–water partition coefficient (Wildman–Crippen LogP) is 7.20. The van der Waals surface area contributed by atoms with Crippen LogP contribution in [0.1, 0.15) is 56.9 Å². The van der Waals surface area contributed by atoms with Gasteiger partial charge in [-0.1, -0.05) is 25.1 Å². The Labute approximate surface area is 223 Å². The Morgan fingerprint density at radius 1 is 1.19 bits per heavy atom. The number of carbonyl (C=O) groups excluding carboxylic acids is 1. The molecule has 192 valence electrons. The van der Waals surface area contributed by atoms with E-state index in [1.54, 1.807) is 18.3 Å². The van der Waals surface area contributed by atoms with Crippen molar-refractivity contribution < 1.29 is 13.9 Å². The number of furan rings is 1. The first-order valence-corrected chi connectivity index (χ1v) is 13.5. The van der Waals surface area contributed by atoms with Crippen LogP contribution in [0.4, 0.5) is 11.4 Å². The van der Waals surface area contributed by atoms with Crippen molar-refractivity contribution in [1.29, 1.82) is 0 Å². The Morgan fingerprint density at radius 3 is 2.65 bits per heavy atom. The lowest BCUT2D eigenvalue weighted by molar-refractivity contribution is -0.122. The number of benzene rings is 2. The standard InChI is InChI=1S/C30H33N3O3S/c1-6-33-25-17-26(35-5)21(15-24(25)20(2)18-30(33,3)4)16-27-28(34)32(19-23-13-10-14-36-23)29(37-27)31-22-11-8-7-9-12-22/h7-17,20H,6,18-19H2,1-5H3/b27-16+,31-29?. The molecule has 3 aromatic rings. The Morgan fingerprint density at radius 2 is 1.97 bits per heavy atom. The molecule has 0 saturated carbocycles. The Hall–Kier alpha value is -3.45. The summed E-state index contributed by atoms with van der Waals surface area (Å²) in [6, 6.07) is 17.7. The molecule has 37 heavy (non-hydrogen) atoms. The summed E-state index contributed by atoms with van der Waals surface area (Å²) < 4.78 is 11.4. The zero-order valence-corrected chi connectivity index (χ0v) is 22.8. The molecule has 0 aliphatic carbocycles. The highest BCUT2D eigenvalue weighted by Crippen LogP contribution is 2.46. The van der Waals surface area contributed by atoms with E-state index < -0.39 is 0 Å². The van der Waals surface area contributed by atoms with Crippen molar-refractivity contribution in [3.63, 3.8) is 0 Å². The SMILES string of the molecule is CCN1c2cc(OC)c(/C=C3/SC(=Nc4ccccc4)N(Cc4ccco4)C3=O)cc2C(C)CC1(C)C. The number of para-hydroxylation sites is 1. The number of hydrogen-bond acceptors (Lipinski definition) is 6. The van der Waals surface area contributed by atoms with Gasteiger partial charge in [-0.05, 0) is 86.8 Å².